The van der Waals surface area contributed by atoms with Crippen LogP contribution in [0.25, 0.3) is 0 Å². The van der Waals surface area contributed by atoms with Crippen molar-refractivity contribution in [1.82, 2.24) is 10.4 Å². The minimum Gasteiger partial charge on any atom is -0.398 e. The highest BCUT2D eigenvalue weighted by Gasteiger charge is 2.22. The summed E-state index contributed by atoms with van der Waals surface area (Å²) in [6.45, 7) is 2.03. The van der Waals surface area contributed by atoms with E-state index < -0.39 is 0 Å². The van der Waals surface area contributed by atoms with Gasteiger partial charge in [0.1, 0.15) is 0 Å². The van der Waals surface area contributed by atoms with Gasteiger partial charge < -0.3 is 10.5 Å². The molecule has 1 aromatic rings. The molecule has 0 aromatic carbocycles. The number of nitrogen functional groups attached to an aromatic ring is 1. The molecule has 0 bridgehead atoms. The topological polar surface area (TPSA) is 86.2 Å². The first-order valence-electron chi connectivity index (χ1n) is 4.92. The third-order valence-electron chi connectivity index (χ3n) is 2.48. The van der Waals surface area contributed by atoms with Crippen molar-refractivity contribution in [2.24, 2.45) is 5.84 Å². The van der Waals surface area contributed by atoms with Gasteiger partial charge in [-0.2, -0.15) is 0 Å². The molecule has 84 valence electrons. The Kier molecular flexibility index (Phi) is 4.48. The fraction of sp³-hybridized carbons (Fsp3) is 0.500. The molecule has 0 fully saturated rings. The highest BCUT2D eigenvalue weighted by molar-refractivity contribution is 5.46. The molecule has 0 spiro atoms. The summed E-state index contributed by atoms with van der Waals surface area (Å²) in [7, 11) is 1.66. The lowest BCUT2D eigenvalue weighted by Crippen LogP contribution is -2.37. The number of hydrazine groups is 1. The highest BCUT2D eigenvalue weighted by Crippen LogP contribution is 2.24. The Balaban J connectivity index is 2.96. The molecule has 1 aromatic heterocycles. The number of nitrogens with one attached hydrogen (secondary N) is 1. The molecular formula is C10H18N4O. The van der Waals surface area contributed by atoms with E-state index in [9.17, 15) is 0 Å². The molecule has 5 nitrogen and oxygen atoms in total. The first-order chi connectivity index (χ1) is 7.24. The number of pyridine rings is 1. The van der Waals surface area contributed by atoms with E-state index in [1.54, 1.807) is 25.6 Å². The zero-order valence-electron chi connectivity index (χ0n) is 9.10. The molecule has 0 aliphatic rings. The van der Waals surface area contributed by atoms with Gasteiger partial charge in [0.2, 0.25) is 0 Å². The zero-order chi connectivity index (χ0) is 11.3. The van der Waals surface area contributed by atoms with Crippen molar-refractivity contribution >= 4 is 5.69 Å². The summed E-state index contributed by atoms with van der Waals surface area (Å²) in [4.78, 5) is 4.03. The first kappa shape index (κ1) is 11.9. The third kappa shape index (κ3) is 2.65. The molecular weight excluding hydrogens is 192 g/mol. The summed E-state index contributed by atoms with van der Waals surface area (Å²) < 4.78 is 5.34. The van der Waals surface area contributed by atoms with Crippen LogP contribution < -0.4 is 17.0 Å². The van der Waals surface area contributed by atoms with Crippen molar-refractivity contribution in [1.29, 1.82) is 0 Å². The second kappa shape index (κ2) is 5.65. The third-order valence-corrected chi connectivity index (χ3v) is 2.48. The van der Waals surface area contributed by atoms with E-state index >= 15 is 0 Å². The number of rotatable bonds is 5. The maximum atomic E-state index is 5.85. The molecule has 0 aliphatic carbocycles. The monoisotopic (exact) mass is 210 g/mol. The summed E-state index contributed by atoms with van der Waals surface area (Å²) in [6, 6.07) is 1.62. The second-order valence-corrected chi connectivity index (χ2v) is 3.33. The van der Waals surface area contributed by atoms with E-state index in [0.29, 0.717) is 5.69 Å². The van der Waals surface area contributed by atoms with E-state index in [1.807, 2.05) is 6.92 Å². The molecule has 0 saturated carbocycles. The van der Waals surface area contributed by atoms with Crippen LogP contribution in [0.15, 0.2) is 18.5 Å². The highest BCUT2D eigenvalue weighted by atomic mass is 16.5. The van der Waals surface area contributed by atoms with E-state index in [0.717, 1.165) is 12.0 Å². The standard InChI is InChI=1S/C10H18N4O/c1-3-9(15-2)10(14-12)7-6-13-5-4-8(7)11/h4-6,9-10,14H,3,12H2,1-2H3,(H2,11,13). The molecule has 0 saturated heterocycles. The predicted octanol–water partition coefficient (Wildman–Crippen LogP) is 0.593. The maximum absolute atomic E-state index is 5.85. The summed E-state index contributed by atoms with van der Waals surface area (Å²) in [5.41, 5.74) is 10.1. The molecule has 0 aliphatic heterocycles. The molecule has 0 radical (unpaired) electrons. The second-order valence-electron chi connectivity index (χ2n) is 3.33. The Hall–Kier alpha value is -1.17. The van der Waals surface area contributed by atoms with E-state index in [2.05, 4.69) is 10.4 Å². The van der Waals surface area contributed by atoms with Crippen molar-refractivity contribution in [2.75, 3.05) is 12.8 Å². The largest absolute Gasteiger partial charge is 0.398 e. The summed E-state index contributed by atoms with van der Waals surface area (Å²) in [5.74, 6) is 5.51. The quantitative estimate of drug-likeness (QED) is 0.489. The average Bonchev–Trinajstić information content (AvgIpc) is 2.27. The molecule has 5 heteroatoms. The summed E-state index contributed by atoms with van der Waals surface area (Å²) >= 11 is 0. The number of aromatic nitrogens is 1. The van der Waals surface area contributed by atoms with Crippen molar-refractivity contribution in [3.63, 3.8) is 0 Å². The molecule has 5 N–H and O–H groups in total. The van der Waals surface area contributed by atoms with Gasteiger partial charge in [0, 0.05) is 30.8 Å². The van der Waals surface area contributed by atoms with Gasteiger partial charge in [-0.15, -0.1) is 0 Å². The Morgan fingerprint density at radius 1 is 1.60 bits per heavy atom. The Morgan fingerprint density at radius 2 is 2.33 bits per heavy atom. The summed E-state index contributed by atoms with van der Waals surface area (Å²) in [5, 5.41) is 0. The summed E-state index contributed by atoms with van der Waals surface area (Å²) in [6.07, 6.45) is 4.20. The van der Waals surface area contributed by atoms with Crippen LogP contribution in [0.2, 0.25) is 0 Å². The fourth-order valence-electron chi connectivity index (χ4n) is 1.61. The van der Waals surface area contributed by atoms with Crippen LogP contribution in [0.5, 0.6) is 0 Å². The van der Waals surface area contributed by atoms with Crippen LogP contribution in [-0.4, -0.2) is 18.2 Å². The van der Waals surface area contributed by atoms with Crippen LogP contribution in [0.4, 0.5) is 5.69 Å². The lowest BCUT2D eigenvalue weighted by molar-refractivity contribution is 0.0652. The van der Waals surface area contributed by atoms with Gasteiger partial charge in [-0.05, 0) is 12.5 Å². The SMILES string of the molecule is CCC(OC)C(NN)c1cnccc1N. The number of hydrogen-bond acceptors (Lipinski definition) is 5. The van der Waals surface area contributed by atoms with Crippen molar-refractivity contribution in [2.45, 2.75) is 25.5 Å². The predicted molar refractivity (Wildman–Crippen MR) is 59.8 cm³/mol. The number of ether oxygens (including phenoxy) is 1. The van der Waals surface area contributed by atoms with Crippen molar-refractivity contribution in [3.8, 4) is 0 Å². The van der Waals surface area contributed by atoms with Crippen LogP contribution in [0.1, 0.15) is 24.9 Å². The van der Waals surface area contributed by atoms with Gasteiger partial charge in [-0.1, -0.05) is 6.92 Å². The van der Waals surface area contributed by atoms with E-state index in [4.69, 9.17) is 16.3 Å². The van der Waals surface area contributed by atoms with Gasteiger partial charge >= 0.3 is 0 Å². The Morgan fingerprint density at radius 3 is 2.80 bits per heavy atom. The molecule has 1 rings (SSSR count). The molecule has 2 atom stereocenters. The van der Waals surface area contributed by atoms with Crippen LogP contribution in [0, 0.1) is 0 Å². The first-order valence-corrected chi connectivity index (χ1v) is 4.92. The van der Waals surface area contributed by atoms with Gasteiger partial charge in [0.25, 0.3) is 0 Å². The zero-order valence-corrected chi connectivity index (χ0v) is 9.10. The van der Waals surface area contributed by atoms with Gasteiger partial charge in [0.15, 0.2) is 0 Å². The lowest BCUT2D eigenvalue weighted by atomic mass is 10.0. The van der Waals surface area contributed by atoms with Gasteiger partial charge in [0.05, 0.1) is 12.1 Å². The molecule has 0 amide bonds. The van der Waals surface area contributed by atoms with Crippen molar-refractivity contribution < 1.29 is 4.74 Å². The molecule has 2 unspecified atom stereocenters. The Bertz CT molecular complexity index is 301. The van der Waals surface area contributed by atoms with E-state index in [1.165, 1.54) is 0 Å². The average molecular weight is 210 g/mol. The van der Waals surface area contributed by atoms with E-state index in [-0.39, 0.29) is 12.1 Å². The van der Waals surface area contributed by atoms with Gasteiger partial charge in [-0.3, -0.25) is 16.3 Å². The molecule has 15 heavy (non-hydrogen) atoms. The smallest absolute Gasteiger partial charge is 0.0777 e. The number of methoxy groups -OCH3 is 1. The van der Waals surface area contributed by atoms with Crippen LogP contribution >= 0.6 is 0 Å². The minimum atomic E-state index is -0.131. The number of nitrogens with two attached hydrogens (primary N) is 2. The maximum Gasteiger partial charge on any atom is 0.0777 e. The Labute approximate surface area is 89.8 Å². The minimum absolute atomic E-state index is 0.0125. The van der Waals surface area contributed by atoms with Crippen molar-refractivity contribution in [3.05, 3.63) is 24.0 Å². The number of hydrogen-bond donors (Lipinski definition) is 3. The fourth-order valence-corrected chi connectivity index (χ4v) is 1.61. The van der Waals surface area contributed by atoms with Gasteiger partial charge in [-0.25, -0.2) is 0 Å². The van der Waals surface area contributed by atoms with Crippen LogP contribution in [0.3, 0.4) is 0 Å². The molecule has 1 heterocycles. The van der Waals surface area contributed by atoms with Crippen LogP contribution in [-0.2, 0) is 4.74 Å². The normalized spacial score (nSPS) is 14.9. The number of anilines is 1. The lowest BCUT2D eigenvalue weighted by Gasteiger charge is -2.25. The number of nitrogens with zero attached hydrogens (tertiary/aromatic N) is 1.